The van der Waals surface area contributed by atoms with Crippen LogP contribution in [0.1, 0.15) is 0 Å². The van der Waals surface area contributed by atoms with Crippen molar-refractivity contribution in [1.82, 2.24) is 19.9 Å². The second-order valence-electron chi connectivity index (χ2n) is 14.7. The molecule has 59 heavy (non-hydrogen) atoms. The van der Waals surface area contributed by atoms with Crippen molar-refractivity contribution in [3.63, 3.8) is 0 Å². The summed E-state index contributed by atoms with van der Waals surface area (Å²) in [5.41, 5.74) is 14.6. The largest absolute Gasteiger partial charge is 0.263 e. The van der Waals surface area contributed by atoms with Gasteiger partial charge in [0.25, 0.3) is 0 Å². The molecule has 8 aromatic carbocycles. The highest BCUT2D eigenvalue weighted by Gasteiger charge is 2.21. The quantitative estimate of drug-likeness (QED) is 0.162. The maximum atomic E-state index is 5.00. The van der Waals surface area contributed by atoms with E-state index in [0.29, 0.717) is 17.5 Å². The van der Waals surface area contributed by atoms with Gasteiger partial charge in [-0.2, -0.15) is 0 Å². The van der Waals surface area contributed by atoms with Gasteiger partial charge >= 0.3 is 0 Å². The minimum Gasteiger partial charge on any atom is -0.263 e. The molecule has 0 bridgehead atoms. The van der Waals surface area contributed by atoms with Gasteiger partial charge in [0.15, 0.2) is 17.5 Å². The molecular weight excluding hydrogens is 737 g/mol. The molecule has 0 radical (unpaired) electrons. The summed E-state index contributed by atoms with van der Waals surface area (Å²) in [6.07, 6.45) is 4.02. The third-order valence-corrected chi connectivity index (χ3v) is 12.2. The van der Waals surface area contributed by atoms with E-state index < -0.39 is 0 Å². The summed E-state index contributed by atoms with van der Waals surface area (Å²) in [4.78, 5) is 22.2. The van der Waals surface area contributed by atoms with Gasteiger partial charge in [-0.1, -0.05) is 188 Å². The molecule has 3 heterocycles. The Bertz CT molecular complexity index is 3150. The summed E-state index contributed by atoms with van der Waals surface area (Å²) in [5, 5.41) is 2.47. The molecule has 276 valence electrons. The first-order valence-electron chi connectivity index (χ1n) is 19.7. The maximum Gasteiger partial charge on any atom is 0.164 e. The van der Waals surface area contributed by atoms with Crippen molar-refractivity contribution in [2.75, 3.05) is 0 Å². The first-order valence-corrected chi connectivity index (χ1v) is 20.5. The van der Waals surface area contributed by atoms with Crippen LogP contribution in [0.2, 0.25) is 0 Å². The predicted molar refractivity (Wildman–Crippen MR) is 243 cm³/mol. The van der Waals surface area contributed by atoms with Gasteiger partial charge in [0, 0.05) is 55.2 Å². The third kappa shape index (κ3) is 6.58. The zero-order valence-corrected chi connectivity index (χ0v) is 32.6. The fraction of sp³-hybridized carbons (Fsp3) is 0. The summed E-state index contributed by atoms with van der Waals surface area (Å²) >= 11 is 1.84. The molecule has 0 atom stereocenters. The van der Waals surface area contributed by atoms with Crippen LogP contribution in [0.4, 0.5) is 0 Å². The van der Waals surface area contributed by atoms with Crippen molar-refractivity contribution in [1.29, 1.82) is 0 Å². The average molecular weight is 771 g/mol. The van der Waals surface area contributed by atoms with Gasteiger partial charge in [0.2, 0.25) is 0 Å². The highest BCUT2D eigenvalue weighted by atomic mass is 32.2. The number of nitrogens with zero attached hydrogens (tertiary/aromatic N) is 4. The molecule has 0 N–H and O–H groups in total. The molecule has 0 aliphatic carbocycles. The zero-order valence-electron chi connectivity index (χ0n) is 31.8. The number of hydrogen-bond donors (Lipinski definition) is 0. The molecule has 0 saturated carbocycles. The highest BCUT2D eigenvalue weighted by molar-refractivity contribution is 7.99. The molecule has 11 rings (SSSR count). The van der Waals surface area contributed by atoms with Gasteiger partial charge in [-0.15, -0.1) is 0 Å². The van der Waals surface area contributed by atoms with Crippen LogP contribution in [0.25, 0.3) is 101 Å². The van der Waals surface area contributed by atoms with E-state index >= 15 is 0 Å². The Balaban J connectivity index is 0.881. The molecule has 10 aromatic rings. The van der Waals surface area contributed by atoms with E-state index in [1.165, 1.54) is 53.9 Å². The van der Waals surface area contributed by atoms with Gasteiger partial charge in [0.1, 0.15) is 0 Å². The number of fused-ring (bicyclic) bond motifs is 2. The zero-order chi connectivity index (χ0) is 39.1. The van der Waals surface area contributed by atoms with E-state index in [1.54, 1.807) is 0 Å². The molecule has 0 unspecified atom stereocenters. The minimum atomic E-state index is 0.636. The van der Waals surface area contributed by atoms with Crippen LogP contribution in [-0.4, -0.2) is 19.9 Å². The molecule has 2 aromatic heterocycles. The predicted octanol–water partition coefficient (Wildman–Crippen LogP) is 14.2. The van der Waals surface area contributed by atoms with Crippen molar-refractivity contribution >= 4 is 22.5 Å². The number of pyridine rings is 1. The van der Waals surface area contributed by atoms with E-state index in [9.17, 15) is 0 Å². The topological polar surface area (TPSA) is 51.6 Å². The molecule has 0 fully saturated rings. The van der Waals surface area contributed by atoms with Gasteiger partial charge in [-0.05, 0) is 68.3 Å². The van der Waals surface area contributed by atoms with Crippen LogP contribution in [0.15, 0.2) is 216 Å². The standard InChI is InChI=1S/C54H34N4S/c1-3-10-35(11-4-1)36-20-26-41(27-21-36)53-56-52(40-12-5-2-6-13-40)57-54(58-53)42-28-22-38(23-29-42)44-15-9-14-43(32-44)37-18-24-39(25-19-37)45-30-31-50-51-47(45)33-55-34-48(51)46-16-7-8-17-49(46)59-50/h1-34H. The lowest BCUT2D eigenvalue weighted by Gasteiger charge is -2.21. The SMILES string of the molecule is c1ccc(-c2ccc(-c3nc(-c4ccccc4)nc(-c4ccc(-c5cccc(-c6ccc(-c7ccc8c9c(cncc79)-c7ccccc7S8)cc6)c5)cc4)n3)cc2)cc1. The van der Waals surface area contributed by atoms with Crippen molar-refractivity contribution in [3.05, 3.63) is 207 Å². The van der Waals surface area contributed by atoms with Crippen LogP contribution in [0.5, 0.6) is 0 Å². The lowest BCUT2D eigenvalue weighted by Crippen LogP contribution is -2.00. The number of benzene rings is 8. The first kappa shape index (κ1) is 34.8. The lowest BCUT2D eigenvalue weighted by molar-refractivity contribution is 1.07. The fourth-order valence-electron chi connectivity index (χ4n) is 8.03. The van der Waals surface area contributed by atoms with Crippen molar-refractivity contribution in [3.8, 4) is 89.8 Å². The third-order valence-electron chi connectivity index (χ3n) is 11.1. The molecular formula is C54H34N4S. The van der Waals surface area contributed by atoms with Crippen LogP contribution in [0.3, 0.4) is 0 Å². The average Bonchev–Trinajstić information content (AvgIpc) is 3.32. The van der Waals surface area contributed by atoms with E-state index in [0.717, 1.165) is 38.9 Å². The second-order valence-corrected chi connectivity index (χ2v) is 15.8. The molecule has 0 saturated heterocycles. The van der Waals surface area contributed by atoms with Crippen molar-refractivity contribution in [2.45, 2.75) is 9.79 Å². The van der Waals surface area contributed by atoms with Crippen LogP contribution in [-0.2, 0) is 0 Å². The number of hydrogen-bond acceptors (Lipinski definition) is 5. The summed E-state index contributed by atoms with van der Waals surface area (Å²) < 4.78 is 0. The van der Waals surface area contributed by atoms with Gasteiger partial charge in [0.05, 0.1) is 0 Å². The molecule has 0 spiro atoms. The molecule has 0 amide bonds. The van der Waals surface area contributed by atoms with Crippen LogP contribution >= 0.6 is 11.8 Å². The summed E-state index contributed by atoms with van der Waals surface area (Å²) in [6, 6.07) is 68.2. The Morgan fingerprint density at radius 1 is 0.288 bits per heavy atom. The summed E-state index contributed by atoms with van der Waals surface area (Å²) in [7, 11) is 0. The van der Waals surface area contributed by atoms with E-state index in [2.05, 4.69) is 158 Å². The normalized spacial score (nSPS) is 11.7. The molecule has 1 aliphatic heterocycles. The van der Waals surface area contributed by atoms with Gasteiger partial charge < -0.3 is 0 Å². The van der Waals surface area contributed by atoms with E-state index in [-0.39, 0.29) is 0 Å². The Kier molecular flexibility index (Phi) is 8.72. The van der Waals surface area contributed by atoms with Crippen LogP contribution in [0, 0.1) is 0 Å². The Hall–Kier alpha value is -7.47. The van der Waals surface area contributed by atoms with Gasteiger partial charge in [-0.3, -0.25) is 4.98 Å². The Morgan fingerprint density at radius 2 is 0.746 bits per heavy atom. The molecule has 1 aliphatic rings. The van der Waals surface area contributed by atoms with Crippen molar-refractivity contribution in [2.24, 2.45) is 0 Å². The Labute approximate surface area is 347 Å². The summed E-state index contributed by atoms with van der Waals surface area (Å²) in [5.74, 6) is 1.92. The number of aromatic nitrogens is 4. The maximum absolute atomic E-state index is 5.00. The fourth-order valence-corrected chi connectivity index (χ4v) is 9.15. The summed E-state index contributed by atoms with van der Waals surface area (Å²) in [6.45, 7) is 0. The lowest BCUT2D eigenvalue weighted by atomic mass is 9.93. The molecule has 5 heteroatoms. The van der Waals surface area contributed by atoms with Crippen LogP contribution < -0.4 is 0 Å². The monoisotopic (exact) mass is 770 g/mol. The van der Waals surface area contributed by atoms with E-state index in [1.807, 2.05) is 60.6 Å². The smallest absolute Gasteiger partial charge is 0.164 e. The van der Waals surface area contributed by atoms with Crippen molar-refractivity contribution < 1.29 is 0 Å². The van der Waals surface area contributed by atoms with Gasteiger partial charge in [-0.25, -0.2) is 15.0 Å². The highest BCUT2D eigenvalue weighted by Crippen LogP contribution is 2.49. The first-order chi connectivity index (χ1) is 29.2. The number of rotatable bonds is 7. The second kappa shape index (κ2) is 14.8. The molecule has 4 nitrogen and oxygen atoms in total. The van der Waals surface area contributed by atoms with E-state index in [4.69, 9.17) is 19.9 Å². The minimum absolute atomic E-state index is 0.636. The Morgan fingerprint density at radius 3 is 1.36 bits per heavy atom.